The number of hydrogen-bond donors (Lipinski definition) is 1. The molecular weight excluding hydrogens is 355 g/mol. The van der Waals surface area contributed by atoms with Crippen LogP contribution in [0.25, 0.3) is 0 Å². The van der Waals surface area contributed by atoms with Crippen molar-refractivity contribution in [3.63, 3.8) is 0 Å². The first kappa shape index (κ1) is 19.8. The van der Waals surface area contributed by atoms with Crippen molar-refractivity contribution < 1.29 is 18.3 Å². The van der Waals surface area contributed by atoms with Gasteiger partial charge in [0.25, 0.3) is 0 Å². The van der Waals surface area contributed by atoms with Gasteiger partial charge in [0.05, 0.1) is 11.6 Å². The third-order valence-electron chi connectivity index (χ3n) is 5.38. The van der Waals surface area contributed by atoms with Gasteiger partial charge in [0.1, 0.15) is 5.69 Å². The normalized spacial score (nSPS) is 24.3. The molecule has 4 nitrogen and oxygen atoms in total. The minimum absolute atomic E-state index is 0.439. The highest BCUT2D eigenvalue weighted by Gasteiger charge is 2.45. The Morgan fingerprint density at radius 2 is 1.89 bits per heavy atom. The molecule has 0 spiro atoms. The summed E-state index contributed by atoms with van der Waals surface area (Å²) in [5.74, 6) is 0. The van der Waals surface area contributed by atoms with E-state index in [9.17, 15) is 18.3 Å². The average Bonchev–Trinajstić information content (AvgIpc) is 2.62. The first-order valence-corrected chi connectivity index (χ1v) is 8.89. The Labute approximate surface area is 157 Å². The summed E-state index contributed by atoms with van der Waals surface area (Å²) in [5, 5.41) is 11.0. The molecule has 27 heavy (non-hydrogen) atoms. The van der Waals surface area contributed by atoms with E-state index < -0.39 is 23.5 Å². The van der Waals surface area contributed by atoms with Gasteiger partial charge in [-0.25, -0.2) is 0 Å². The van der Waals surface area contributed by atoms with E-state index in [2.05, 4.69) is 14.8 Å². The van der Waals surface area contributed by atoms with Crippen LogP contribution in [0.3, 0.4) is 0 Å². The van der Waals surface area contributed by atoms with Crippen LogP contribution in [0.15, 0.2) is 48.7 Å². The van der Waals surface area contributed by atoms with E-state index in [0.29, 0.717) is 18.7 Å². The Morgan fingerprint density at radius 1 is 1.19 bits per heavy atom. The molecule has 1 saturated heterocycles. The van der Waals surface area contributed by atoms with E-state index in [1.807, 2.05) is 44.4 Å². The van der Waals surface area contributed by atoms with Crippen LogP contribution in [0.1, 0.15) is 23.2 Å². The van der Waals surface area contributed by atoms with E-state index in [1.54, 1.807) is 0 Å². The van der Waals surface area contributed by atoms with Gasteiger partial charge in [-0.05, 0) is 37.7 Å². The predicted octanol–water partition coefficient (Wildman–Crippen LogP) is 3.12. The zero-order valence-corrected chi connectivity index (χ0v) is 15.4. The number of nitrogens with zero attached hydrogens (tertiary/aromatic N) is 3. The van der Waals surface area contributed by atoms with Crippen LogP contribution in [-0.4, -0.2) is 53.2 Å². The maximum absolute atomic E-state index is 12.6. The van der Waals surface area contributed by atoms with Crippen molar-refractivity contribution in [2.24, 2.45) is 0 Å². The van der Waals surface area contributed by atoms with E-state index >= 15 is 0 Å². The molecule has 1 N–H and O–H groups in total. The second kappa shape index (κ2) is 7.58. The van der Waals surface area contributed by atoms with E-state index in [1.165, 1.54) is 12.3 Å². The van der Waals surface area contributed by atoms with Gasteiger partial charge in [-0.2, -0.15) is 13.2 Å². The Bertz CT molecular complexity index is 749. The number of aliphatic hydroxyl groups is 1. The van der Waals surface area contributed by atoms with Crippen molar-refractivity contribution in [1.82, 2.24) is 14.8 Å². The van der Waals surface area contributed by atoms with E-state index in [4.69, 9.17) is 0 Å². The molecular formula is C20H24F3N3O. The van der Waals surface area contributed by atoms with Crippen LogP contribution >= 0.6 is 0 Å². The summed E-state index contributed by atoms with van der Waals surface area (Å²) in [6.07, 6.45) is -3.06. The zero-order valence-electron chi connectivity index (χ0n) is 15.4. The molecule has 1 fully saturated rings. The fourth-order valence-corrected chi connectivity index (χ4v) is 3.91. The first-order valence-electron chi connectivity index (χ1n) is 8.89. The van der Waals surface area contributed by atoms with Crippen molar-refractivity contribution in [3.05, 3.63) is 65.5 Å². The fourth-order valence-electron chi connectivity index (χ4n) is 3.91. The van der Waals surface area contributed by atoms with Crippen molar-refractivity contribution in [3.8, 4) is 0 Å². The lowest BCUT2D eigenvalue weighted by molar-refractivity contribution is -0.141. The number of hydrogen-bond acceptors (Lipinski definition) is 4. The highest BCUT2D eigenvalue weighted by atomic mass is 19.4. The minimum Gasteiger partial charge on any atom is -0.389 e. The monoisotopic (exact) mass is 379 g/mol. The van der Waals surface area contributed by atoms with Gasteiger partial charge in [0, 0.05) is 25.8 Å². The van der Waals surface area contributed by atoms with Crippen LogP contribution < -0.4 is 0 Å². The average molecular weight is 379 g/mol. The molecule has 2 heterocycles. The van der Waals surface area contributed by atoms with Crippen LogP contribution in [-0.2, 0) is 18.3 Å². The van der Waals surface area contributed by atoms with Crippen LogP contribution in [0.4, 0.5) is 13.2 Å². The smallest absolute Gasteiger partial charge is 0.389 e. The molecule has 1 aliphatic heterocycles. The second-order valence-corrected chi connectivity index (χ2v) is 7.24. The summed E-state index contributed by atoms with van der Waals surface area (Å²) in [5.41, 5.74) is 0.405. The molecule has 0 unspecified atom stereocenters. The molecule has 7 heteroatoms. The molecule has 2 atom stereocenters. The molecule has 0 radical (unpaired) electrons. The fraction of sp³-hybridized carbons (Fsp3) is 0.450. The maximum atomic E-state index is 12.6. The Morgan fingerprint density at radius 3 is 2.41 bits per heavy atom. The van der Waals surface area contributed by atoms with Gasteiger partial charge in [-0.3, -0.25) is 14.8 Å². The highest BCUT2D eigenvalue weighted by Crippen LogP contribution is 2.38. The number of β-amino-alcohol motifs (C(OH)–C–C–N with tert-alkyl or cyclic N) is 1. The largest absolute Gasteiger partial charge is 0.433 e. The molecule has 0 bridgehead atoms. The number of aliphatic hydroxyl groups excluding tert-OH is 1. The van der Waals surface area contributed by atoms with E-state index in [-0.39, 0.29) is 0 Å². The number of halogens is 3. The Kier molecular flexibility index (Phi) is 5.55. The summed E-state index contributed by atoms with van der Waals surface area (Å²) < 4.78 is 37.9. The summed E-state index contributed by atoms with van der Waals surface area (Å²) in [6.45, 7) is 1.62. The number of pyridine rings is 1. The molecule has 146 valence electrons. The van der Waals surface area contributed by atoms with Crippen molar-refractivity contribution in [2.45, 2.75) is 30.8 Å². The standard InChI is InChI=1S/C20H24F3N3O/c1-25(2)19(16-6-4-3-5-7-16)10-11-26(14-18(19)27)13-15-8-9-17(24-12-15)20(21,22)23/h3-9,12,18,27H,10-11,13-14H2,1-2H3/t18-,19+/m1/s1. The molecule has 0 amide bonds. The zero-order chi connectivity index (χ0) is 19.7. The van der Waals surface area contributed by atoms with Gasteiger partial charge >= 0.3 is 6.18 Å². The quantitative estimate of drug-likeness (QED) is 0.886. The SMILES string of the molecule is CN(C)[C@]1(c2ccccc2)CCN(Cc2ccc(C(F)(F)F)nc2)C[C@H]1O. The topological polar surface area (TPSA) is 39.6 Å². The van der Waals surface area contributed by atoms with Crippen molar-refractivity contribution in [2.75, 3.05) is 27.2 Å². The number of piperidine rings is 1. The number of rotatable bonds is 4. The third kappa shape index (κ3) is 4.00. The number of likely N-dealkylation sites (tertiary alicyclic amines) is 1. The lowest BCUT2D eigenvalue weighted by atomic mass is 9.77. The molecule has 1 aromatic carbocycles. The molecule has 3 rings (SSSR count). The van der Waals surface area contributed by atoms with Gasteiger partial charge in [-0.15, -0.1) is 0 Å². The summed E-state index contributed by atoms with van der Waals surface area (Å²) in [7, 11) is 3.93. The summed E-state index contributed by atoms with van der Waals surface area (Å²) in [4.78, 5) is 7.63. The van der Waals surface area contributed by atoms with Gasteiger partial charge in [0.2, 0.25) is 0 Å². The first-order chi connectivity index (χ1) is 12.7. The molecule has 1 aromatic heterocycles. The van der Waals surface area contributed by atoms with Gasteiger partial charge < -0.3 is 5.11 Å². The lowest BCUT2D eigenvalue weighted by Gasteiger charge is -2.50. The second-order valence-electron chi connectivity index (χ2n) is 7.24. The summed E-state index contributed by atoms with van der Waals surface area (Å²) in [6, 6.07) is 12.4. The number of alkyl halides is 3. The number of benzene rings is 1. The van der Waals surface area contributed by atoms with Crippen LogP contribution in [0.2, 0.25) is 0 Å². The molecule has 2 aromatic rings. The van der Waals surface area contributed by atoms with E-state index in [0.717, 1.165) is 24.6 Å². The minimum atomic E-state index is -4.43. The number of aromatic nitrogens is 1. The van der Waals surface area contributed by atoms with Crippen LogP contribution in [0, 0.1) is 0 Å². The van der Waals surface area contributed by atoms with Crippen LogP contribution in [0.5, 0.6) is 0 Å². The Hall–Kier alpha value is -1.96. The maximum Gasteiger partial charge on any atom is 0.433 e. The Balaban J connectivity index is 1.73. The molecule has 0 saturated carbocycles. The van der Waals surface area contributed by atoms with Crippen molar-refractivity contribution in [1.29, 1.82) is 0 Å². The number of likely N-dealkylation sites (N-methyl/N-ethyl adjacent to an activating group) is 1. The summed E-state index contributed by atoms with van der Waals surface area (Å²) >= 11 is 0. The van der Waals surface area contributed by atoms with Gasteiger partial charge in [-0.1, -0.05) is 36.4 Å². The predicted molar refractivity (Wildman–Crippen MR) is 96.9 cm³/mol. The molecule has 0 aliphatic carbocycles. The molecule has 1 aliphatic rings. The third-order valence-corrected chi connectivity index (χ3v) is 5.38. The highest BCUT2D eigenvalue weighted by molar-refractivity contribution is 5.28. The van der Waals surface area contributed by atoms with Crippen molar-refractivity contribution >= 4 is 0 Å². The lowest BCUT2D eigenvalue weighted by Crippen LogP contribution is -2.59. The van der Waals surface area contributed by atoms with Gasteiger partial charge in [0.15, 0.2) is 0 Å².